The van der Waals surface area contributed by atoms with E-state index in [0.29, 0.717) is 17.4 Å². The average Bonchev–Trinajstić information content (AvgIpc) is 3.19. The summed E-state index contributed by atoms with van der Waals surface area (Å²) in [6, 6.07) is 25.7. The highest BCUT2D eigenvalue weighted by Gasteiger charge is 2.38. The third-order valence-corrected chi connectivity index (χ3v) is 8.07. The van der Waals surface area contributed by atoms with Crippen molar-refractivity contribution in [2.45, 2.75) is 38.8 Å². The van der Waals surface area contributed by atoms with Crippen LogP contribution in [0.1, 0.15) is 46.3 Å². The van der Waals surface area contributed by atoms with E-state index < -0.39 is 0 Å². The normalized spacial score (nSPS) is 19.4. The second kappa shape index (κ2) is 10.2. The number of piperidine rings is 1. The Morgan fingerprint density at radius 2 is 1.34 bits per heavy atom. The number of carbonyl (C=O) groups is 1. The molecule has 0 amide bonds. The number of ether oxygens (including phenoxy) is 2. The largest absolute Gasteiger partial charge is 0.493 e. The lowest BCUT2D eigenvalue weighted by atomic mass is 9.84. The van der Waals surface area contributed by atoms with Gasteiger partial charge in [-0.15, -0.1) is 0 Å². The van der Waals surface area contributed by atoms with Crippen LogP contribution in [0.3, 0.4) is 0 Å². The lowest BCUT2D eigenvalue weighted by Crippen LogP contribution is -2.51. The van der Waals surface area contributed by atoms with Gasteiger partial charge in [-0.3, -0.25) is 4.79 Å². The van der Waals surface area contributed by atoms with Gasteiger partial charge in [-0.25, -0.2) is 0 Å². The number of benzene rings is 3. The molecule has 5 rings (SSSR count). The Balaban J connectivity index is 1.27. The summed E-state index contributed by atoms with van der Waals surface area (Å²) >= 11 is 0. The van der Waals surface area contributed by atoms with E-state index in [-0.39, 0.29) is 11.7 Å². The number of hydrogen-bond acceptors (Lipinski definition) is 3. The minimum Gasteiger partial charge on any atom is -0.493 e. The number of ketones is 1. The zero-order valence-corrected chi connectivity index (χ0v) is 20.9. The summed E-state index contributed by atoms with van der Waals surface area (Å²) in [7, 11) is 3.27. The molecule has 182 valence electrons. The van der Waals surface area contributed by atoms with E-state index in [1.807, 2.05) is 12.1 Å². The van der Waals surface area contributed by atoms with Gasteiger partial charge >= 0.3 is 0 Å². The first-order valence-corrected chi connectivity index (χ1v) is 12.8. The lowest BCUT2D eigenvalue weighted by Gasteiger charge is -2.44. The van der Waals surface area contributed by atoms with Gasteiger partial charge in [0.1, 0.15) is 13.1 Å². The van der Waals surface area contributed by atoms with Crippen LogP contribution in [0, 0.1) is 11.8 Å². The van der Waals surface area contributed by atoms with Gasteiger partial charge in [0.05, 0.1) is 27.3 Å². The number of Topliss-reactive ketones (excluding diaryl/α,β-unsaturated/α-hetero) is 1. The number of carbonyl (C=O) groups excluding carboxylic acids is 1. The molecule has 0 aromatic heterocycles. The van der Waals surface area contributed by atoms with Crippen molar-refractivity contribution in [1.29, 1.82) is 0 Å². The summed E-state index contributed by atoms with van der Waals surface area (Å²) in [5, 5.41) is 0. The van der Waals surface area contributed by atoms with Crippen molar-refractivity contribution in [2.75, 3.05) is 27.3 Å². The molecule has 4 nitrogen and oxygen atoms in total. The Labute approximate surface area is 209 Å². The van der Waals surface area contributed by atoms with Crippen LogP contribution in [-0.2, 0) is 19.5 Å². The van der Waals surface area contributed by atoms with Crippen molar-refractivity contribution in [2.24, 2.45) is 11.8 Å². The fourth-order valence-corrected chi connectivity index (χ4v) is 6.21. The smallest absolute Gasteiger partial charge is 0.166 e. The average molecular weight is 471 g/mol. The van der Waals surface area contributed by atoms with Gasteiger partial charge in [0.15, 0.2) is 17.3 Å². The minimum absolute atomic E-state index is 0.0788. The molecule has 3 aromatic carbocycles. The first-order chi connectivity index (χ1) is 17.1. The van der Waals surface area contributed by atoms with Gasteiger partial charge in [-0.05, 0) is 49.3 Å². The summed E-state index contributed by atoms with van der Waals surface area (Å²) in [4.78, 5) is 13.2. The van der Waals surface area contributed by atoms with E-state index >= 15 is 0 Å². The maximum absolute atomic E-state index is 13.2. The van der Waals surface area contributed by atoms with Gasteiger partial charge in [0.25, 0.3) is 0 Å². The second-order valence-corrected chi connectivity index (χ2v) is 10.4. The Morgan fingerprint density at radius 1 is 0.800 bits per heavy atom. The van der Waals surface area contributed by atoms with E-state index in [1.165, 1.54) is 24.0 Å². The number of likely N-dealkylation sites (tertiary alicyclic amines) is 1. The molecule has 0 saturated carbocycles. The fraction of sp³-hybridized carbons (Fsp3) is 0.387. The predicted molar refractivity (Wildman–Crippen MR) is 139 cm³/mol. The van der Waals surface area contributed by atoms with Crippen LogP contribution >= 0.6 is 0 Å². The Kier molecular flexibility index (Phi) is 6.92. The molecule has 0 radical (unpaired) electrons. The SMILES string of the molecule is COc1cc2c(cc1OC)C(=O)C(CC1CC[N+](Cc3ccccc3)(Cc3ccccc3)CC1)C2. The molecule has 3 aromatic rings. The Morgan fingerprint density at radius 3 is 1.89 bits per heavy atom. The second-order valence-electron chi connectivity index (χ2n) is 10.4. The highest BCUT2D eigenvalue weighted by atomic mass is 16.5. The fourth-order valence-electron chi connectivity index (χ4n) is 6.21. The molecule has 2 aliphatic rings. The summed E-state index contributed by atoms with van der Waals surface area (Å²) in [6.07, 6.45) is 4.15. The summed E-state index contributed by atoms with van der Waals surface area (Å²) in [5.41, 5.74) is 4.74. The molecule has 1 heterocycles. The standard InChI is InChI=1S/C31H36NO3/c1-34-29-19-26-18-27(31(33)28(26)20-30(29)35-2)17-23-13-15-32(16-14-23,21-24-9-5-3-6-10-24)22-25-11-7-4-8-12-25/h3-12,19-20,23,27H,13-18,21-22H2,1-2H3/q+1. The predicted octanol–water partition coefficient (Wildman–Crippen LogP) is 6.08. The molecule has 35 heavy (non-hydrogen) atoms. The van der Waals surface area contributed by atoms with Gasteiger partial charge < -0.3 is 14.0 Å². The summed E-state index contributed by atoms with van der Waals surface area (Å²) < 4.78 is 12.0. The van der Waals surface area contributed by atoms with Crippen LogP contribution < -0.4 is 9.47 Å². The Bertz CT molecular complexity index is 1110. The number of fused-ring (bicyclic) bond motifs is 1. The molecule has 1 aliphatic heterocycles. The number of quaternary nitrogens is 1. The monoisotopic (exact) mass is 470 g/mol. The molecule has 4 heteroatoms. The van der Waals surface area contributed by atoms with Crippen molar-refractivity contribution in [1.82, 2.24) is 0 Å². The molecular weight excluding hydrogens is 434 g/mol. The van der Waals surface area contributed by atoms with Crippen LogP contribution in [-0.4, -0.2) is 37.6 Å². The van der Waals surface area contributed by atoms with Crippen LogP contribution in [0.5, 0.6) is 11.5 Å². The number of nitrogens with zero attached hydrogens (tertiary/aromatic N) is 1. The maximum Gasteiger partial charge on any atom is 0.166 e. The van der Waals surface area contributed by atoms with Gasteiger partial charge in [0, 0.05) is 22.6 Å². The van der Waals surface area contributed by atoms with Gasteiger partial charge in [-0.2, -0.15) is 0 Å². The third kappa shape index (κ3) is 5.13. The van der Waals surface area contributed by atoms with E-state index in [2.05, 4.69) is 60.7 Å². The molecule has 1 atom stereocenters. The summed E-state index contributed by atoms with van der Waals surface area (Å²) in [6.45, 7) is 4.44. The van der Waals surface area contributed by atoms with Crippen molar-refractivity contribution in [3.05, 3.63) is 95.1 Å². The van der Waals surface area contributed by atoms with E-state index in [4.69, 9.17) is 9.47 Å². The first kappa shape index (κ1) is 23.6. The lowest BCUT2D eigenvalue weighted by molar-refractivity contribution is -0.958. The molecule has 0 bridgehead atoms. The molecule has 0 N–H and O–H groups in total. The number of hydrogen-bond donors (Lipinski definition) is 0. The zero-order chi connectivity index (χ0) is 24.3. The van der Waals surface area contributed by atoms with Crippen molar-refractivity contribution in [3.63, 3.8) is 0 Å². The molecule has 0 spiro atoms. The van der Waals surface area contributed by atoms with Crippen molar-refractivity contribution >= 4 is 5.78 Å². The highest BCUT2D eigenvalue weighted by molar-refractivity contribution is 6.02. The van der Waals surface area contributed by atoms with Crippen LogP contribution in [0.4, 0.5) is 0 Å². The molecule has 1 unspecified atom stereocenters. The molecular formula is C31H36NO3+. The quantitative estimate of drug-likeness (QED) is 0.375. The number of rotatable bonds is 8. The van der Waals surface area contributed by atoms with Crippen LogP contribution in [0.15, 0.2) is 72.8 Å². The van der Waals surface area contributed by atoms with Crippen molar-refractivity contribution in [3.8, 4) is 11.5 Å². The topological polar surface area (TPSA) is 35.5 Å². The highest BCUT2D eigenvalue weighted by Crippen LogP contribution is 2.40. The van der Waals surface area contributed by atoms with Gasteiger partial charge in [-0.1, -0.05) is 60.7 Å². The molecule has 1 fully saturated rings. The van der Waals surface area contributed by atoms with Crippen molar-refractivity contribution < 1.29 is 18.8 Å². The summed E-state index contributed by atoms with van der Waals surface area (Å²) in [5.74, 6) is 2.30. The Hall–Kier alpha value is -3.11. The zero-order valence-electron chi connectivity index (χ0n) is 20.9. The van der Waals surface area contributed by atoms with E-state index in [0.717, 1.165) is 54.6 Å². The minimum atomic E-state index is 0.0788. The van der Waals surface area contributed by atoms with Crippen LogP contribution in [0.25, 0.3) is 0 Å². The first-order valence-electron chi connectivity index (χ1n) is 12.8. The van der Waals surface area contributed by atoms with E-state index in [1.54, 1.807) is 14.2 Å². The maximum atomic E-state index is 13.2. The molecule has 1 saturated heterocycles. The van der Waals surface area contributed by atoms with Crippen LogP contribution in [0.2, 0.25) is 0 Å². The third-order valence-electron chi connectivity index (χ3n) is 8.07. The van der Waals surface area contributed by atoms with Gasteiger partial charge in [0.2, 0.25) is 0 Å². The van der Waals surface area contributed by atoms with E-state index in [9.17, 15) is 4.79 Å². The molecule has 1 aliphatic carbocycles. The number of methoxy groups -OCH3 is 2.